The molecule has 0 heterocycles. The van der Waals surface area contributed by atoms with E-state index in [1.54, 1.807) is 0 Å². The van der Waals surface area contributed by atoms with E-state index in [1.807, 2.05) is 0 Å². The second-order valence-electron chi connectivity index (χ2n) is 3.77. The smallest absolute Gasteiger partial charge is 0.331 e. The Labute approximate surface area is 144 Å². The minimum atomic E-state index is -0.719. The van der Waals surface area contributed by atoms with Crippen LogP contribution in [0.15, 0.2) is 24.3 Å². The summed E-state index contributed by atoms with van der Waals surface area (Å²) < 4.78 is 5.41. The zero-order chi connectivity index (χ0) is 15.7. The standard InChI is InChI=1S/C12H4Cl5NO3/c13-5-1-2-8(6(14)3-5)21-9-4-7(15)10(16)11(17)12(9)18(19)20/h1-4H. The number of ether oxygens (including phenoxy) is 1. The number of benzene rings is 2. The minimum Gasteiger partial charge on any atom is -0.448 e. The molecule has 0 fully saturated rings. The van der Waals surface area contributed by atoms with E-state index < -0.39 is 10.6 Å². The lowest BCUT2D eigenvalue weighted by Crippen LogP contribution is -1.96. The van der Waals surface area contributed by atoms with Crippen LogP contribution in [0.25, 0.3) is 0 Å². The van der Waals surface area contributed by atoms with E-state index in [0.29, 0.717) is 5.02 Å². The zero-order valence-corrected chi connectivity index (χ0v) is 13.7. The van der Waals surface area contributed by atoms with Crippen molar-refractivity contribution >= 4 is 63.7 Å². The fraction of sp³-hybridized carbons (Fsp3) is 0. The summed E-state index contributed by atoms with van der Waals surface area (Å²) in [6.45, 7) is 0. The number of nitro groups is 1. The van der Waals surface area contributed by atoms with Crippen LogP contribution >= 0.6 is 58.0 Å². The average Bonchev–Trinajstić information content (AvgIpc) is 2.39. The Morgan fingerprint density at radius 2 is 1.57 bits per heavy atom. The van der Waals surface area contributed by atoms with Gasteiger partial charge < -0.3 is 4.74 Å². The van der Waals surface area contributed by atoms with Gasteiger partial charge in [-0.2, -0.15) is 0 Å². The molecule has 0 saturated heterocycles. The van der Waals surface area contributed by atoms with Crippen LogP contribution in [-0.2, 0) is 0 Å². The summed E-state index contributed by atoms with van der Waals surface area (Å²) in [7, 11) is 0. The van der Waals surface area contributed by atoms with Gasteiger partial charge in [-0.25, -0.2) is 0 Å². The van der Waals surface area contributed by atoms with Crippen molar-refractivity contribution in [1.29, 1.82) is 0 Å². The summed E-state index contributed by atoms with van der Waals surface area (Å²) in [6, 6.07) is 5.61. The molecule has 2 aromatic carbocycles. The summed E-state index contributed by atoms with van der Waals surface area (Å²) in [5, 5.41) is 11.3. The predicted octanol–water partition coefficient (Wildman–Crippen LogP) is 6.65. The zero-order valence-electron chi connectivity index (χ0n) is 9.87. The molecule has 2 rings (SSSR count). The number of nitrogens with zero attached hydrogens (tertiary/aromatic N) is 1. The molecule has 0 amide bonds. The quantitative estimate of drug-likeness (QED) is 0.336. The molecule has 0 aliphatic rings. The van der Waals surface area contributed by atoms with Crippen molar-refractivity contribution in [2.24, 2.45) is 0 Å². The van der Waals surface area contributed by atoms with Crippen LogP contribution in [0.3, 0.4) is 0 Å². The maximum absolute atomic E-state index is 11.1. The molecule has 0 unspecified atom stereocenters. The fourth-order valence-corrected chi connectivity index (χ4v) is 2.59. The Kier molecular flexibility index (Phi) is 5.07. The van der Waals surface area contributed by atoms with E-state index in [2.05, 4.69) is 0 Å². The van der Waals surface area contributed by atoms with E-state index in [0.717, 1.165) is 0 Å². The van der Waals surface area contributed by atoms with Gasteiger partial charge >= 0.3 is 5.69 Å². The first kappa shape index (κ1) is 16.5. The summed E-state index contributed by atoms with van der Waals surface area (Å²) in [5.41, 5.74) is -0.503. The summed E-state index contributed by atoms with van der Waals surface area (Å²) >= 11 is 29.2. The molecule has 0 N–H and O–H groups in total. The maximum atomic E-state index is 11.1. The highest BCUT2D eigenvalue weighted by molar-refractivity contribution is 6.49. The molecule has 21 heavy (non-hydrogen) atoms. The lowest BCUT2D eigenvalue weighted by atomic mass is 10.3. The third-order valence-electron chi connectivity index (χ3n) is 2.40. The largest absolute Gasteiger partial charge is 0.448 e. The van der Waals surface area contributed by atoms with Gasteiger partial charge in [0.2, 0.25) is 5.75 Å². The molecule has 9 heteroatoms. The second kappa shape index (κ2) is 6.46. The number of rotatable bonds is 3. The topological polar surface area (TPSA) is 52.4 Å². The van der Waals surface area contributed by atoms with Gasteiger partial charge in [0.05, 0.1) is 20.0 Å². The highest BCUT2D eigenvalue weighted by Crippen LogP contribution is 2.46. The van der Waals surface area contributed by atoms with E-state index in [9.17, 15) is 10.1 Å². The first-order chi connectivity index (χ1) is 9.81. The molecule has 0 aliphatic heterocycles. The van der Waals surface area contributed by atoms with Gasteiger partial charge in [-0.05, 0) is 18.2 Å². The van der Waals surface area contributed by atoms with Gasteiger partial charge in [0.1, 0.15) is 10.8 Å². The SMILES string of the molecule is O=[N+]([O-])c1c(Oc2ccc(Cl)cc2Cl)cc(Cl)c(Cl)c1Cl. The predicted molar refractivity (Wildman–Crippen MR) is 84.7 cm³/mol. The van der Waals surface area contributed by atoms with Crippen LogP contribution in [-0.4, -0.2) is 4.92 Å². The van der Waals surface area contributed by atoms with Crippen LogP contribution in [0.1, 0.15) is 0 Å². The van der Waals surface area contributed by atoms with Gasteiger partial charge in [0.15, 0.2) is 0 Å². The molecule has 0 radical (unpaired) electrons. The summed E-state index contributed by atoms with van der Waals surface area (Å²) in [4.78, 5) is 10.4. The molecule has 4 nitrogen and oxygen atoms in total. The van der Waals surface area contributed by atoms with Crippen LogP contribution in [0, 0.1) is 10.1 Å². The van der Waals surface area contributed by atoms with Crippen LogP contribution in [0.5, 0.6) is 11.5 Å². The van der Waals surface area contributed by atoms with Gasteiger partial charge in [-0.1, -0.05) is 58.0 Å². The summed E-state index contributed by atoms with van der Waals surface area (Å²) in [5.74, 6) is -0.0118. The highest BCUT2D eigenvalue weighted by atomic mass is 35.5. The molecule has 0 spiro atoms. The third-order valence-corrected chi connectivity index (χ3v) is 4.18. The van der Waals surface area contributed by atoms with Crippen molar-refractivity contribution < 1.29 is 9.66 Å². The van der Waals surface area contributed by atoms with Crippen molar-refractivity contribution in [3.05, 3.63) is 59.5 Å². The van der Waals surface area contributed by atoms with Crippen molar-refractivity contribution in [3.8, 4) is 11.5 Å². The monoisotopic (exact) mass is 385 g/mol. The van der Waals surface area contributed by atoms with Crippen LogP contribution < -0.4 is 4.74 Å². The van der Waals surface area contributed by atoms with E-state index in [-0.39, 0.29) is 31.6 Å². The van der Waals surface area contributed by atoms with E-state index in [4.69, 9.17) is 62.7 Å². The van der Waals surface area contributed by atoms with Crippen LogP contribution in [0.4, 0.5) is 5.69 Å². The first-order valence-electron chi connectivity index (χ1n) is 5.26. The van der Waals surface area contributed by atoms with E-state index in [1.165, 1.54) is 24.3 Å². The Morgan fingerprint density at radius 1 is 0.905 bits per heavy atom. The lowest BCUT2D eigenvalue weighted by molar-refractivity contribution is -0.385. The molecular weight excluding hydrogens is 383 g/mol. The first-order valence-corrected chi connectivity index (χ1v) is 7.15. The lowest BCUT2D eigenvalue weighted by Gasteiger charge is -2.10. The van der Waals surface area contributed by atoms with Crippen molar-refractivity contribution in [1.82, 2.24) is 0 Å². The Morgan fingerprint density at radius 3 is 2.14 bits per heavy atom. The molecule has 0 saturated carbocycles. The Balaban J connectivity index is 2.56. The molecule has 2 aromatic rings. The van der Waals surface area contributed by atoms with Crippen LogP contribution in [0.2, 0.25) is 25.1 Å². The highest BCUT2D eigenvalue weighted by Gasteiger charge is 2.26. The molecule has 0 atom stereocenters. The molecule has 0 aliphatic carbocycles. The minimum absolute atomic E-state index is 0.0207. The Bertz CT molecular complexity index is 735. The van der Waals surface area contributed by atoms with Gasteiger partial charge in [-0.3, -0.25) is 10.1 Å². The molecule has 0 bridgehead atoms. The van der Waals surface area contributed by atoms with Gasteiger partial charge in [-0.15, -0.1) is 0 Å². The number of hydrogen-bond acceptors (Lipinski definition) is 3. The molecule has 0 aromatic heterocycles. The van der Waals surface area contributed by atoms with Crippen molar-refractivity contribution in [2.75, 3.05) is 0 Å². The normalized spacial score (nSPS) is 10.5. The van der Waals surface area contributed by atoms with Gasteiger partial charge in [0, 0.05) is 11.1 Å². The third kappa shape index (κ3) is 3.47. The number of nitro benzene ring substituents is 1. The van der Waals surface area contributed by atoms with Gasteiger partial charge in [0.25, 0.3) is 0 Å². The van der Waals surface area contributed by atoms with E-state index >= 15 is 0 Å². The average molecular weight is 387 g/mol. The molecule has 110 valence electrons. The van der Waals surface area contributed by atoms with Crippen molar-refractivity contribution in [2.45, 2.75) is 0 Å². The maximum Gasteiger partial charge on any atom is 0.331 e. The fourth-order valence-electron chi connectivity index (χ4n) is 1.49. The number of hydrogen-bond donors (Lipinski definition) is 0. The second-order valence-corrected chi connectivity index (χ2v) is 5.77. The van der Waals surface area contributed by atoms with Crippen molar-refractivity contribution in [3.63, 3.8) is 0 Å². The molecular formula is C12H4Cl5NO3. The summed E-state index contributed by atoms with van der Waals surface area (Å²) in [6.07, 6.45) is 0. The Hall–Kier alpha value is -0.910. The number of halogens is 5.